The molecule has 0 unspecified atom stereocenters. The van der Waals surface area contributed by atoms with Crippen LogP contribution in [0.4, 0.5) is 0 Å². The molecule has 0 aliphatic carbocycles. The van der Waals surface area contributed by atoms with Gasteiger partial charge in [0.1, 0.15) is 6.73 Å². The van der Waals surface area contributed by atoms with Gasteiger partial charge in [-0.05, 0) is 12.2 Å². The van der Waals surface area contributed by atoms with Gasteiger partial charge in [0.2, 0.25) is 0 Å². The second-order valence-corrected chi connectivity index (χ2v) is 2.95. The molecule has 0 aliphatic rings. The van der Waals surface area contributed by atoms with Crippen molar-refractivity contribution in [3.8, 4) is 0 Å². The lowest BCUT2D eigenvalue weighted by Crippen LogP contribution is -2.27. The molecule has 0 rings (SSSR count). The quantitative estimate of drug-likeness (QED) is 0.357. The van der Waals surface area contributed by atoms with Crippen LogP contribution in [0, 0.1) is 0 Å². The van der Waals surface area contributed by atoms with Crippen molar-refractivity contribution in [1.29, 1.82) is 0 Å². The Bertz CT molecular complexity index is 158. The summed E-state index contributed by atoms with van der Waals surface area (Å²) in [5.74, 6) is 0. The van der Waals surface area contributed by atoms with Gasteiger partial charge in [-0.3, -0.25) is 4.90 Å². The third kappa shape index (κ3) is 6.07. The highest BCUT2D eigenvalue weighted by atomic mass is 32.1. The van der Waals surface area contributed by atoms with Gasteiger partial charge < -0.3 is 4.74 Å². The molecule has 0 aliphatic heterocycles. The molecule has 0 saturated carbocycles. The monoisotopic (exact) mass is 185 g/mol. The summed E-state index contributed by atoms with van der Waals surface area (Å²) in [4.78, 5) is 2.04. The van der Waals surface area contributed by atoms with Crippen LogP contribution in [0.5, 0.6) is 0 Å². The van der Waals surface area contributed by atoms with Crippen LogP contribution < -0.4 is 0 Å². The number of nitrogens with zero attached hydrogens (tertiary/aromatic N) is 1. The van der Waals surface area contributed by atoms with Crippen molar-refractivity contribution in [3.63, 3.8) is 0 Å². The first-order valence-electron chi connectivity index (χ1n) is 3.78. The van der Waals surface area contributed by atoms with E-state index in [2.05, 4.69) is 13.2 Å². The van der Waals surface area contributed by atoms with E-state index in [9.17, 15) is 0 Å². The lowest BCUT2D eigenvalue weighted by atomic mass is 10.5. The van der Waals surface area contributed by atoms with E-state index in [-0.39, 0.29) is 0 Å². The molecule has 0 saturated heterocycles. The summed E-state index contributed by atoms with van der Waals surface area (Å²) in [5.41, 5.74) is 0. The maximum Gasteiger partial charge on any atom is 0.158 e. The van der Waals surface area contributed by atoms with E-state index in [4.69, 9.17) is 17.0 Å². The highest BCUT2D eigenvalue weighted by molar-refractivity contribution is 7.80. The van der Waals surface area contributed by atoms with Crippen molar-refractivity contribution >= 4 is 17.3 Å². The summed E-state index contributed by atoms with van der Waals surface area (Å²) in [6.07, 6.45) is 3.65. The summed E-state index contributed by atoms with van der Waals surface area (Å²) in [7, 11) is 0. The molecular formula is C9H15NOS. The highest BCUT2D eigenvalue weighted by Crippen LogP contribution is 1.91. The average Bonchev–Trinajstić information content (AvgIpc) is 2.01. The predicted molar refractivity (Wildman–Crippen MR) is 56.2 cm³/mol. The van der Waals surface area contributed by atoms with Gasteiger partial charge in [-0.15, -0.1) is 13.2 Å². The highest BCUT2D eigenvalue weighted by Gasteiger charge is 1.99. The Hall–Kier alpha value is -0.670. The molecular weight excluding hydrogens is 170 g/mol. The lowest BCUT2D eigenvalue weighted by molar-refractivity contribution is 0.143. The van der Waals surface area contributed by atoms with Crippen LogP contribution in [0.15, 0.2) is 25.3 Å². The standard InChI is InChI=1S/C9H15NOS/c1-4-6-10(7-5-2)8-11-9(3)12/h4-5H,1-2,6-8H2,3H3. The number of hydrogen-bond acceptors (Lipinski definition) is 3. The summed E-state index contributed by atoms with van der Waals surface area (Å²) in [6, 6.07) is 0. The number of rotatable bonds is 6. The van der Waals surface area contributed by atoms with Crippen molar-refractivity contribution in [2.24, 2.45) is 0 Å². The van der Waals surface area contributed by atoms with E-state index in [1.165, 1.54) is 0 Å². The lowest BCUT2D eigenvalue weighted by Gasteiger charge is -2.18. The van der Waals surface area contributed by atoms with Gasteiger partial charge >= 0.3 is 0 Å². The normalized spacial score (nSPS) is 9.50. The molecule has 2 nitrogen and oxygen atoms in total. The zero-order valence-corrected chi connectivity index (χ0v) is 8.27. The van der Waals surface area contributed by atoms with Crippen LogP contribution in [0.1, 0.15) is 6.92 Å². The van der Waals surface area contributed by atoms with Gasteiger partial charge in [0, 0.05) is 20.0 Å². The molecule has 0 aromatic rings. The van der Waals surface area contributed by atoms with Crippen molar-refractivity contribution in [1.82, 2.24) is 4.90 Å². The van der Waals surface area contributed by atoms with Gasteiger partial charge in [-0.1, -0.05) is 12.2 Å². The maximum absolute atomic E-state index is 5.17. The van der Waals surface area contributed by atoms with E-state index in [0.29, 0.717) is 11.8 Å². The fourth-order valence-corrected chi connectivity index (χ4v) is 0.780. The van der Waals surface area contributed by atoms with Crippen LogP contribution in [-0.4, -0.2) is 29.8 Å². The second-order valence-electron chi connectivity index (χ2n) is 2.38. The third-order valence-electron chi connectivity index (χ3n) is 1.22. The number of thiocarbonyl (C=S) groups is 1. The Morgan fingerprint density at radius 2 is 1.92 bits per heavy atom. The number of hydrogen-bond donors (Lipinski definition) is 0. The summed E-state index contributed by atoms with van der Waals surface area (Å²) in [5, 5.41) is 0.563. The van der Waals surface area contributed by atoms with E-state index in [1.54, 1.807) is 6.92 Å². The molecule has 0 heterocycles. The van der Waals surface area contributed by atoms with Crippen LogP contribution >= 0.6 is 12.2 Å². The largest absolute Gasteiger partial charge is 0.472 e. The Labute approximate surface area is 79.5 Å². The van der Waals surface area contributed by atoms with Gasteiger partial charge in [-0.2, -0.15) is 0 Å². The molecule has 0 aromatic carbocycles. The summed E-state index contributed by atoms with van der Waals surface area (Å²) < 4.78 is 5.17. The zero-order valence-electron chi connectivity index (χ0n) is 7.45. The fraction of sp³-hybridized carbons (Fsp3) is 0.444. The Kier molecular flexibility index (Phi) is 6.61. The smallest absolute Gasteiger partial charge is 0.158 e. The zero-order chi connectivity index (χ0) is 9.40. The SMILES string of the molecule is C=CCN(CC=C)COC(C)=S. The predicted octanol–water partition coefficient (Wildman–Crippen LogP) is 1.98. The molecule has 0 aromatic heterocycles. The molecule has 3 heteroatoms. The van der Waals surface area contributed by atoms with E-state index < -0.39 is 0 Å². The van der Waals surface area contributed by atoms with E-state index in [0.717, 1.165) is 13.1 Å². The molecule has 0 fully saturated rings. The third-order valence-corrected chi connectivity index (χ3v) is 1.34. The number of ether oxygens (including phenoxy) is 1. The minimum atomic E-state index is 0.507. The van der Waals surface area contributed by atoms with Gasteiger partial charge in [0.15, 0.2) is 5.05 Å². The minimum absolute atomic E-state index is 0.507. The van der Waals surface area contributed by atoms with Crippen molar-refractivity contribution in [3.05, 3.63) is 25.3 Å². The molecule has 12 heavy (non-hydrogen) atoms. The van der Waals surface area contributed by atoms with Crippen LogP contribution in [0.2, 0.25) is 0 Å². The van der Waals surface area contributed by atoms with Crippen molar-refractivity contribution in [2.75, 3.05) is 19.8 Å². The van der Waals surface area contributed by atoms with Crippen molar-refractivity contribution < 1.29 is 4.74 Å². The maximum atomic E-state index is 5.17. The summed E-state index contributed by atoms with van der Waals surface area (Å²) in [6.45, 7) is 11.1. The molecule has 0 spiro atoms. The van der Waals surface area contributed by atoms with E-state index >= 15 is 0 Å². The molecule has 0 bridgehead atoms. The van der Waals surface area contributed by atoms with Gasteiger partial charge in [0.25, 0.3) is 0 Å². The fourth-order valence-electron chi connectivity index (χ4n) is 0.727. The molecule has 0 amide bonds. The Morgan fingerprint density at radius 3 is 2.25 bits per heavy atom. The Morgan fingerprint density at radius 1 is 1.42 bits per heavy atom. The van der Waals surface area contributed by atoms with Crippen LogP contribution in [-0.2, 0) is 4.74 Å². The first-order chi connectivity index (χ1) is 5.70. The van der Waals surface area contributed by atoms with Crippen LogP contribution in [0.3, 0.4) is 0 Å². The minimum Gasteiger partial charge on any atom is -0.472 e. The molecule has 0 atom stereocenters. The second kappa shape index (κ2) is 7.00. The average molecular weight is 185 g/mol. The topological polar surface area (TPSA) is 12.5 Å². The van der Waals surface area contributed by atoms with Gasteiger partial charge in [-0.25, -0.2) is 0 Å². The van der Waals surface area contributed by atoms with Crippen LogP contribution in [0.25, 0.3) is 0 Å². The van der Waals surface area contributed by atoms with Crippen molar-refractivity contribution in [2.45, 2.75) is 6.92 Å². The molecule has 0 N–H and O–H groups in total. The first-order valence-corrected chi connectivity index (χ1v) is 4.19. The summed E-state index contributed by atoms with van der Waals surface area (Å²) >= 11 is 4.78. The molecule has 68 valence electrons. The first kappa shape index (κ1) is 11.3. The van der Waals surface area contributed by atoms with E-state index in [1.807, 2.05) is 17.1 Å². The Balaban J connectivity index is 3.68. The molecule has 0 radical (unpaired) electrons. The van der Waals surface area contributed by atoms with Gasteiger partial charge in [0.05, 0.1) is 0 Å².